The van der Waals surface area contributed by atoms with Crippen LogP contribution in [0.5, 0.6) is 0 Å². The zero-order valence-electron chi connectivity index (χ0n) is 16.2. The minimum atomic E-state index is -0.279. The molecule has 3 aromatic carbocycles. The number of carbonyl (C=O) groups is 2. The maximum atomic E-state index is 12.5. The Kier molecular flexibility index (Phi) is 5.71. The third-order valence-electron chi connectivity index (χ3n) is 5.40. The number of ketones is 1. The zero-order valence-corrected chi connectivity index (χ0v) is 16.2. The van der Waals surface area contributed by atoms with Gasteiger partial charge in [0.05, 0.1) is 0 Å². The number of hydrogen-bond acceptors (Lipinski definition) is 2. The first-order valence-electron chi connectivity index (χ1n) is 10.1. The van der Waals surface area contributed by atoms with E-state index in [2.05, 4.69) is 10.6 Å². The van der Waals surface area contributed by atoms with Gasteiger partial charge in [-0.15, -0.1) is 0 Å². The van der Waals surface area contributed by atoms with E-state index in [1.54, 1.807) is 0 Å². The molecule has 4 rings (SSSR count). The molecule has 146 valence electrons. The molecule has 1 saturated carbocycles. The monoisotopic (exact) mass is 384 g/mol. The van der Waals surface area contributed by atoms with Crippen LogP contribution in [-0.2, 0) is 0 Å². The molecule has 4 nitrogen and oxygen atoms in total. The second kappa shape index (κ2) is 8.74. The summed E-state index contributed by atoms with van der Waals surface area (Å²) in [5.41, 5.74) is 4.35. The summed E-state index contributed by atoms with van der Waals surface area (Å²) in [6.07, 6.45) is 4.37. The maximum Gasteiger partial charge on any atom is 0.323 e. The van der Waals surface area contributed by atoms with E-state index in [1.165, 1.54) is 0 Å². The van der Waals surface area contributed by atoms with E-state index in [9.17, 15) is 9.59 Å². The summed E-state index contributed by atoms with van der Waals surface area (Å²) in [6, 6.07) is 24.6. The van der Waals surface area contributed by atoms with E-state index in [0.29, 0.717) is 0 Å². The molecule has 0 saturated heterocycles. The molecule has 1 fully saturated rings. The highest BCUT2D eigenvalue weighted by atomic mass is 16.2. The molecule has 0 aliphatic heterocycles. The van der Waals surface area contributed by atoms with Crippen LogP contribution >= 0.6 is 0 Å². The molecule has 1 aliphatic carbocycles. The van der Waals surface area contributed by atoms with Gasteiger partial charge in [-0.2, -0.15) is 0 Å². The van der Waals surface area contributed by atoms with Crippen LogP contribution in [0, 0.1) is 5.92 Å². The number of anilines is 2. The van der Waals surface area contributed by atoms with Gasteiger partial charge in [0.25, 0.3) is 0 Å². The molecule has 3 aromatic rings. The molecule has 1 aliphatic rings. The zero-order chi connectivity index (χ0) is 20.1. The predicted octanol–water partition coefficient (Wildman–Crippen LogP) is 6.37. The fraction of sp³-hybridized carbons (Fsp3) is 0.200. The lowest BCUT2D eigenvalue weighted by Crippen LogP contribution is -2.19. The molecule has 0 atom stereocenters. The average Bonchev–Trinajstić information content (AvgIpc) is 3.29. The average molecular weight is 384 g/mol. The van der Waals surface area contributed by atoms with Crippen LogP contribution in [-0.4, -0.2) is 11.8 Å². The molecule has 0 aromatic heterocycles. The van der Waals surface area contributed by atoms with Gasteiger partial charge in [0, 0.05) is 22.9 Å². The Morgan fingerprint density at radius 3 is 1.76 bits per heavy atom. The van der Waals surface area contributed by atoms with Crippen LogP contribution in [0.15, 0.2) is 78.9 Å². The topological polar surface area (TPSA) is 58.2 Å². The number of hydrogen-bond donors (Lipinski definition) is 2. The number of benzene rings is 3. The molecule has 0 bridgehead atoms. The molecular weight excluding hydrogens is 360 g/mol. The summed E-state index contributed by atoms with van der Waals surface area (Å²) < 4.78 is 0. The van der Waals surface area contributed by atoms with Crippen LogP contribution in [0.3, 0.4) is 0 Å². The first-order chi connectivity index (χ1) is 14.2. The highest BCUT2D eigenvalue weighted by molar-refractivity contribution is 6.00. The van der Waals surface area contributed by atoms with Crippen molar-refractivity contribution in [2.45, 2.75) is 25.7 Å². The minimum Gasteiger partial charge on any atom is -0.308 e. The summed E-state index contributed by atoms with van der Waals surface area (Å²) in [4.78, 5) is 24.6. The maximum absolute atomic E-state index is 12.5. The van der Waals surface area contributed by atoms with Crippen LogP contribution in [0.2, 0.25) is 0 Å². The molecule has 2 N–H and O–H groups in total. The summed E-state index contributed by atoms with van der Waals surface area (Å²) in [7, 11) is 0. The van der Waals surface area contributed by atoms with E-state index in [4.69, 9.17) is 0 Å². The Labute approximate surface area is 171 Å². The van der Waals surface area contributed by atoms with Gasteiger partial charge in [0.15, 0.2) is 5.78 Å². The van der Waals surface area contributed by atoms with Crippen molar-refractivity contribution in [1.82, 2.24) is 0 Å². The van der Waals surface area contributed by atoms with Crippen molar-refractivity contribution in [2.75, 3.05) is 10.6 Å². The Morgan fingerprint density at radius 1 is 0.655 bits per heavy atom. The summed E-state index contributed by atoms with van der Waals surface area (Å²) >= 11 is 0. The molecule has 2 amide bonds. The summed E-state index contributed by atoms with van der Waals surface area (Å²) in [5.74, 6) is 0.478. The Hall–Kier alpha value is -3.40. The van der Waals surface area contributed by atoms with Crippen molar-refractivity contribution in [3.8, 4) is 11.1 Å². The SMILES string of the molecule is O=C(Nc1ccccc1)Nc1ccc(-c2ccc(C(=O)C3CCCC3)cc2)cc1. The molecule has 0 unspecified atom stereocenters. The second-order valence-corrected chi connectivity index (χ2v) is 7.45. The highest BCUT2D eigenvalue weighted by Gasteiger charge is 2.23. The van der Waals surface area contributed by atoms with Gasteiger partial charge in [-0.3, -0.25) is 4.79 Å². The Morgan fingerprint density at radius 2 is 1.17 bits per heavy atom. The summed E-state index contributed by atoms with van der Waals surface area (Å²) in [5, 5.41) is 5.62. The molecule has 0 radical (unpaired) electrons. The Balaban J connectivity index is 1.38. The third kappa shape index (κ3) is 4.72. The van der Waals surface area contributed by atoms with E-state index >= 15 is 0 Å². The Bertz CT molecular complexity index is 974. The van der Waals surface area contributed by atoms with Crippen molar-refractivity contribution in [3.63, 3.8) is 0 Å². The lowest BCUT2D eigenvalue weighted by molar-refractivity contribution is 0.0923. The number of amides is 2. The van der Waals surface area contributed by atoms with Gasteiger partial charge in [-0.05, 0) is 48.2 Å². The number of urea groups is 1. The van der Waals surface area contributed by atoms with Crippen LogP contribution in [0.4, 0.5) is 16.2 Å². The van der Waals surface area contributed by atoms with E-state index in [1.807, 2.05) is 78.9 Å². The van der Waals surface area contributed by atoms with Gasteiger partial charge >= 0.3 is 6.03 Å². The fourth-order valence-corrected chi connectivity index (χ4v) is 3.81. The number of Topliss-reactive ketones (excluding diaryl/α,β-unsaturated/α-hetero) is 1. The smallest absolute Gasteiger partial charge is 0.308 e. The lowest BCUT2D eigenvalue weighted by Gasteiger charge is -2.10. The van der Waals surface area contributed by atoms with E-state index < -0.39 is 0 Å². The van der Waals surface area contributed by atoms with Crippen molar-refractivity contribution in [1.29, 1.82) is 0 Å². The van der Waals surface area contributed by atoms with Crippen molar-refractivity contribution in [2.24, 2.45) is 5.92 Å². The predicted molar refractivity (Wildman–Crippen MR) is 117 cm³/mol. The largest absolute Gasteiger partial charge is 0.323 e. The first-order valence-corrected chi connectivity index (χ1v) is 10.1. The molecule has 0 spiro atoms. The molecule has 29 heavy (non-hydrogen) atoms. The van der Waals surface area contributed by atoms with Crippen LogP contribution < -0.4 is 10.6 Å². The lowest BCUT2D eigenvalue weighted by atomic mass is 9.94. The van der Waals surface area contributed by atoms with Gasteiger partial charge in [0.2, 0.25) is 0 Å². The van der Waals surface area contributed by atoms with Crippen LogP contribution in [0.1, 0.15) is 36.0 Å². The molecule has 0 heterocycles. The van der Waals surface area contributed by atoms with Gasteiger partial charge in [-0.1, -0.05) is 67.4 Å². The van der Waals surface area contributed by atoms with Crippen LogP contribution in [0.25, 0.3) is 11.1 Å². The number of nitrogens with one attached hydrogen (secondary N) is 2. The van der Waals surface area contributed by atoms with E-state index in [0.717, 1.165) is 53.7 Å². The third-order valence-corrected chi connectivity index (χ3v) is 5.40. The number of rotatable bonds is 5. The molecular formula is C25H24N2O2. The number of carbonyl (C=O) groups excluding carboxylic acids is 2. The first kappa shape index (κ1) is 18.9. The van der Waals surface area contributed by atoms with Gasteiger partial charge < -0.3 is 10.6 Å². The second-order valence-electron chi connectivity index (χ2n) is 7.45. The number of para-hydroxylation sites is 1. The quantitative estimate of drug-likeness (QED) is 0.502. The normalized spacial score (nSPS) is 13.8. The minimum absolute atomic E-state index is 0.202. The fourth-order valence-electron chi connectivity index (χ4n) is 3.81. The standard InChI is InChI=1S/C25H24N2O2/c28-24(20-6-4-5-7-20)21-12-10-18(11-13-21)19-14-16-23(17-15-19)27-25(29)26-22-8-2-1-3-9-22/h1-3,8-17,20H,4-7H2,(H2,26,27,29). The van der Waals surface area contributed by atoms with Gasteiger partial charge in [0.1, 0.15) is 0 Å². The van der Waals surface area contributed by atoms with Gasteiger partial charge in [-0.25, -0.2) is 4.79 Å². The van der Waals surface area contributed by atoms with E-state index in [-0.39, 0.29) is 17.7 Å². The van der Waals surface area contributed by atoms with Crippen molar-refractivity contribution >= 4 is 23.2 Å². The van der Waals surface area contributed by atoms with Crippen molar-refractivity contribution < 1.29 is 9.59 Å². The van der Waals surface area contributed by atoms with Crippen molar-refractivity contribution in [3.05, 3.63) is 84.4 Å². The summed E-state index contributed by atoms with van der Waals surface area (Å²) in [6.45, 7) is 0. The molecule has 4 heteroatoms. The highest BCUT2D eigenvalue weighted by Crippen LogP contribution is 2.29.